The Morgan fingerprint density at radius 3 is 2.70 bits per heavy atom. The molecular weight excluding hydrogens is 136 g/mol. The van der Waals surface area contributed by atoms with E-state index in [4.69, 9.17) is 14.9 Å². The van der Waals surface area contributed by atoms with Crippen LogP contribution in [0.4, 0.5) is 0 Å². The minimum atomic E-state index is -0.880. The van der Waals surface area contributed by atoms with E-state index in [1.165, 1.54) is 0 Å². The first kappa shape index (κ1) is 7.50. The summed E-state index contributed by atoms with van der Waals surface area (Å²) in [5.74, 6) is -1.09. The first-order valence-electron chi connectivity index (χ1n) is 3.17. The molecule has 10 heavy (non-hydrogen) atoms. The molecule has 4 heteroatoms. The van der Waals surface area contributed by atoms with E-state index in [1.807, 2.05) is 0 Å². The van der Waals surface area contributed by atoms with Crippen molar-refractivity contribution in [1.82, 2.24) is 0 Å². The molecule has 4 nitrogen and oxygen atoms in total. The molecular formula is C6H10O4. The lowest BCUT2D eigenvalue weighted by Crippen LogP contribution is -2.20. The normalized spacial score (nSPS) is 32.5. The second kappa shape index (κ2) is 2.98. The number of carboxylic acids is 1. The van der Waals surface area contributed by atoms with Gasteiger partial charge in [0.1, 0.15) is 0 Å². The van der Waals surface area contributed by atoms with Gasteiger partial charge in [-0.25, -0.2) is 0 Å². The molecule has 0 aromatic carbocycles. The third-order valence-electron chi connectivity index (χ3n) is 1.60. The molecule has 1 heterocycles. The lowest BCUT2D eigenvalue weighted by Gasteiger charge is -2.07. The SMILES string of the molecule is O=C(O)CC1COCC1O. The summed E-state index contributed by atoms with van der Waals surface area (Å²) in [6.45, 7) is 0.644. The predicted octanol–water partition coefficient (Wildman–Crippen LogP) is -0.532. The summed E-state index contributed by atoms with van der Waals surface area (Å²) in [6, 6.07) is 0. The van der Waals surface area contributed by atoms with E-state index in [9.17, 15) is 4.79 Å². The van der Waals surface area contributed by atoms with Crippen molar-refractivity contribution in [3.63, 3.8) is 0 Å². The van der Waals surface area contributed by atoms with Crippen molar-refractivity contribution in [1.29, 1.82) is 0 Å². The van der Waals surface area contributed by atoms with Gasteiger partial charge in [0, 0.05) is 5.92 Å². The standard InChI is InChI=1S/C6H10O4/c7-5-3-10-2-4(5)1-6(8)9/h4-5,7H,1-3H2,(H,8,9). The van der Waals surface area contributed by atoms with E-state index >= 15 is 0 Å². The fraction of sp³-hybridized carbons (Fsp3) is 0.833. The van der Waals surface area contributed by atoms with Crippen LogP contribution in [0.1, 0.15) is 6.42 Å². The Labute approximate surface area is 58.4 Å². The lowest BCUT2D eigenvalue weighted by atomic mass is 10.0. The molecule has 0 spiro atoms. The summed E-state index contributed by atoms with van der Waals surface area (Å²) >= 11 is 0. The minimum absolute atomic E-state index is 0.00116. The van der Waals surface area contributed by atoms with Crippen LogP contribution in [0.15, 0.2) is 0 Å². The molecule has 0 aromatic heterocycles. The molecule has 1 saturated heterocycles. The van der Waals surface area contributed by atoms with E-state index in [2.05, 4.69) is 0 Å². The quantitative estimate of drug-likeness (QED) is 0.549. The summed E-state index contributed by atoms with van der Waals surface area (Å²) < 4.78 is 4.86. The molecule has 1 rings (SSSR count). The molecule has 2 unspecified atom stereocenters. The Bertz CT molecular complexity index is 134. The molecule has 0 aliphatic carbocycles. The van der Waals surface area contributed by atoms with Crippen LogP contribution in [-0.4, -0.2) is 35.5 Å². The number of rotatable bonds is 2. The van der Waals surface area contributed by atoms with Gasteiger partial charge in [0.05, 0.1) is 25.7 Å². The van der Waals surface area contributed by atoms with E-state index in [-0.39, 0.29) is 18.9 Å². The molecule has 2 atom stereocenters. The number of aliphatic hydroxyl groups is 1. The molecule has 1 aliphatic heterocycles. The molecule has 2 N–H and O–H groups in total. The van der Waals surface area contributed by atoms with Gasteiger partial charge < -0.3 is 14.9 Å². The Morgan fingerprint density at radius 2 is 2.30 bits per heavy atom. The predicted molar refractivity (Wildman–Crippen MR) is 32.6 cm³/mol. The smallest absolute Gasteiger partial charge is 0.303 e. The van der Waals surface area contributed by atoms with Crippen molar-refractivity contribution in [2.75, 3.05) is 13.2 Å². The fourth-order valence-corrected chi connectivity index (χ4v) is 1.01. The van der Waals surface area contributed by atoms with E-state index < -0.39 is 12.1 Å². The lowest BCUT2D eigenvalue weighted by molar-refractivity contribution is -0.138. The van der Waals surface area contributed by atoms with Crippen LogP contribution < -0.4 is 0 Å². The van der Waals surface area contributed by atoms with Gasteiger partial charge in [-0.2, -0.15) is 0 Å². The number of aliphatic carboxylic acids is 1. The highest BCUT2D eigenvalue weighted by Crippen LogP contribution is 2.16. The van der Waals surface area contributed by atoms with E-state index in [0.717, 1.165) is 0 Å². The second-order valence-electron chi connectivity index (χ2n) is 2.46. The van der Waals surface area contributed by atoms with Crippen LogP contribution in [0.5, 0.6) is 0 Å². The Morgan fingerprint density at radius 1 is 1.60 bits per heavy atom. The highest BCUT2D eigenvalue weighted by atomic mass is 16.5. The van der Waals surface area contributed by atoms with Gasteiger partial charge in [0.25, 0.3) is 0 Å². The Kier molecular flexibility index (Phi) is 2.24. The largest absolute Gasteiger partial charge is 0.481 e. The maximum absolute atomic E-state index is 10.1. The molecule has 0 amide bonds. The third kappa shape index (κ3) is 1.68. The van der Waals surface area contributed by atoms with Gasteiger partial charge in [-0.1, -0.05) is 0 Å². The molecule has 0 saturated carbocycles. The van der Waals surface area contributed by atoms with Crippen molar-refractivity contribution >= 4 is 5.97 Å². The van der Waals surface area contributed by atoms with Crippen LogP contribution in [0.25, 0.3) is 0 Å². The number of ether oxygens (including phenoxy) is 1. The first-order valence-corrected chi connectivity index (χ1v) is 3.17. The topological polar surface area (TPSA) is 66.8 Å². The monoisotopic (exact) mass is 146 g/mol. The Hall–Kier alpha value is -0.610. The van der Waals surface area contributed by atoms with Gasteiger partial charge in [0.2, 0.25) is 0 Å². The van der Waals surface area contributed by atoms with Crippen LogP contribution in [0.2, 0.25) is 0 Å². The average molecular weight is 146 g/mol. The number of aliphatic hydroxyl groups excluding tert-OH is 1. The number of carboxylic acid groups (broad SMARTS) is 1. The van der Waals surface area contributed by atoms with Gasteiger partial charge in [-0.15, -0.1) is 0 Å². The van der Waals surface area contributed by atoms with Crippen molar-refractivity contribution in [2.45, 2.75) is 12.5 Å². The zero-order valence-electron chi connectivity index (χ0n) is 5.49. The van der Waals surface area contributed by atoms with Crippen molar-refractivity contribution in [2.24, 2.45) is 5.92 Å². The molecule has 58 valence electrons. The van der Waals surface area contributed by atoms with Crippen molar-refractivity contribution in [3.8, 4) is 0 Å². The molecule has 0 radical (unpaired) electrons. The maximum atomic E-state index is 10.1. The van der Waals surface area contributed by atoms with E-state index in [0.29, 0.717) is 6.61 Å². The van der Waals surface area contributed by atoms with Crippen LogP contribution in [0, 0.1) is 5.92 Å². The number of carbonyl (C=O) groups is 1. The molecule has 1 aliphatic rings. The average Bonchev–Trinajstić information content (AvgIpc) is 2.15. The zero-order valence-corrected chi connectivity index (χ0v) is 5.49. The van der Waals surface area contributed by atoms with Gasteiger partial charge in [0.15, 0.2) is 0 Å². The summed E-state index contributed by atoms with van der Waals surface area (Å²) in [5.41, 5.74) is 0. The van der Waals surface area contributed by atoms with Gasteiger partial charge in [-0.3, -0.25) is 4.79 Å². The minimum Gasteiger partial charge on any atom is -0.481 e. The van der Waals surface area contributed by atoms with E-state index in [1.54, 1.807) is 0 Å². The fourth-order valence-electron chi connectivity index (χ4n) is 1.01. The third-order valence-corrected chi connectivity index (χ3v) is 1.60. The molecule has 0 bridgehead atoms. The highest BCUT2D eigenvalue weighted by molar-refractivity contribution is 5.67. The number of hydrogen-bond donors (Lipinski definition) is 2. The summed E-state index contributed by atoms with van der Waals surface area (Å²) in [5, 5.41) is 17.4. The summed E-state index contributed by atoms with van der Waals surface area (Å²) in [4.78, 5) is 10.1. The molecule has 0 aromatic rings. The summed E-state index contributed by atoms with van der Waals surface area (Å²) in [6.07, 6.45) is -0.586. The van der Waals surface area contributed by atoms with Crippen LogP contribution in [-0.2, 0) is 9.53 Å². The van der Waals surface area contributed by atoms with Crippen LogP contribution in [0.3, 0.4) is 0 Å². The maximum Gasteiger partial charge on any atom is 0.303 e. The number of hydrogen-bond acceptors (Lipinski definition) is 3. The highest BCUT2D eigenvalue weighted by Gasteiger charge is 2.27. The summed E-state index contributed by atoms with van der Waals surface area (Å²) in [7, 11) is 0. The van der Waals surface area contributed by atoms with Crippen molar-refractivity contribution < 1.29 is 19.7 Å². The van der Waals surface area contributed by atoms with Gasteiger partial charge in [-0.05, 0) is 0 Å². The Balaban J connectivity index is 2.33. The zero-order chi connectivity index (χ0) is 7.56. The first-order chi connectivity index (χ1) is 4.70. The van der Waals surface area contributed by atoms with Crippen LogP contribution >= 0.6 is 0 Å². The molecule has 1 fully saturated rings. The van der Waals surface area contributed by atoms with Gasteiger partial charge >= 0.3 is 5.97 Å². The van der Waals surface area contributed by atoms with Crippen molar-refractivity contribution in [3.05, 3.63) is 0 Å². The second-order valence-corrected chi connectivity index (χ2v) is 2.46.